The third kappa shape index (κ3) is 3.24. The van der Waals surface area contributed by atoms with E-state index in [1.165, 1.54) is 0 Å². The zero-order chi connectivity index (χ0) is 17.9. The van der Waals surface area contributed by atoms with Crippen molar-refractivity contribution >= 4 is 22.5 Å². The second kappa shape index (κ2) is 7.33. The summed E-state index contributed by atoms with van der Waals surface area (Å²) in [5.41, 5.74) is 2.52. The van der Waals surface area contributed by atoms with E-state index in [1.54, 1.807) is 4.57 Å². The number of carbonyl (C=O) groups excluding carboxylic acids is 1. The Morgan fingerprint density at radius 2 is 1.96 bits per heavy atom. The molecular weight excluding hydrogens is 330 g/mol. The summed E-state index contributed by atoms with van der Waals surface area (Å²) in [5, 5.41) is 2.93. The Balaban J connectivity index is 1.45. The number of carbonyl (C=O) groups is 1. The van der Waals surface area contributed by atoms with Gasteiger partial charge in [-0.05, 0) is 43.5 Å². The lowest BCUT2D eigenvalue weighted by atomic mass is 10.2. The number of rotatable bonds is 6. The van der Waals surface area contributed by atoms with Crippen LogP contribution in [0.15, 0.2) is 47.4 Å². The molecule has 1 amide bonds. The van der Waals surface area contributed by atoms with E-state index in [1.807, 2.05) is 47.0 Å². The quantitative estimate of drug-likeness (QED) is 0.740. The predicted molar refractivity (Wildman–Crippen MR) is 100 cm³/mol. The van der Waals surface area contributed by atoms with Crippen molar-refractivity contribution in [1.82, 2.24) is 14.3 Å². The molecule has 0 bridgehead atoms. The van der Waals surface area contributed by atoms with Gasteiger partial charge in [0, 0.05) is 32.3 Å². The van der Waals surface area contributed by atoms with Crippen LogP contribution >= 0.6 is 0 Å². The number of benzene rings is 1. The van der Waals surface area contributed by atoms with E-state index in [0.717, 1.165) is 30.5 Å². The number of fused-ring (bicyclic) bond motifs is 3. The van der Waals surface area contributed by atoms with E-state index in [9.17, 15) is 9.59 Å². The number of para-hydroxylation sites is 2. The van der Waals surface area contributed by atoms with Crippen LogP contribution in [-0.4, -0.2) is 34.1 Å². The third-order valence-corrected chi connectivity index (χ3v) is 4.98. The molecule has 26 heavy (non-hydrogen) atoms. The molecule has 2 aromatic heterocycles. The molecule has 3 aromatic rings. The van der Waals surface area contributed by atoms with Gasteiger partial charge in [0.15, 0.2) is 0 Å². The maximum absolute atomic E-state index is 12.8. The van der Waals surface area contributed by atoms with Crippen LogP contribution in [0.2, 0.25) is 0 Å². The first-order valence-electron chi connectivity index (χ1n) is 9.21. The first-order chi connectivity index (χ1) is 12.7. The molecule has 0 radical (unpaired) electrons. The van der Waals surface area contributed by atoms with Crippen LogP contribution in [-0.2, 0) is 16.1 Å². The van der Waals surface area contributed by atoms with E-state index in [-0.39, 0.29) is 17.6 Å². The molecule has 6 heteroatoms. The summed E-state index contributed by atoms with van der Waals surface area (Å²) in [4.78, 5) is 24.9. The number of nitrogens with zero attached hydrogens (tertiary/aromatic N) is 2. The van der Waals surface area contributed by atoms with Gasteiger partial charge in [-0.1, -0.05) is 12.1 Å². The van der Waals surface area contributed by atoms with Gasteiger partial charge < -0.3 is 19.0 Å². The molecule has 1 unspecified atom stereocenters. The van der Waals surface area contributed by atoms with Gasteiger partial charge in [-0.2, -0.15) is 0 Å². The van der Waals surface area contributed by atoms with Crippen molar-refractivity contribution in [3.8, 4) is 0 Å². The van der Waals surface area contributed by atoms with Gasteiger partial charge in [0.2, 0.25) is 5.91 Å². The van der Waals surface area contributed by atoms with Crippen molar-refractivity contribution in [2.45, 2.75) is 38.3 Å². The normalized spacial score (nSPS) is 17.2. The molecule has 1 N–H and O–H groups in total. The minimum absolute atomic E-state index is 0.0154. The Labute approximate surface area is 151 Å². The maximum Gasteiger partial charge on any atom is 0.275 e. The summed E-state index contributed by atoms with van der Waals surface area (Å²) in [6.45, 7) is 1.89. The van der Waals surface area contributed by atoms with Crippen LogP contribution in [0, 0.1) is 0 Å². The van der Waals surface area contributed by atoms with Crippen LogP contribution < -0.4 is 10.9 Å². The average Bonchev–Trinajstić information content (AvgIpc) is 3.34. The van der Waals surface area contributed by atoms with Crippen LogP contribution in [0.25, 0.3) is 16.6 Å². The number of aryl methyl sites for hydroxylation is 1. The van der Waals surface area contributed by atoms with Gasteiger partial charge in [-0.25, -0.2) is 0 Å². The van der Waals surface area contributed by atoms with Crippen molar-refractivity contribution < 1.29 is 9.53 Å². The van der Waals surface area contributed by atoms with Gasteiger partial charge in [0.05, 0.1) is 17.1 Å². The fraction of sp³-hybridized carbons (Fsp3) is 0.400. The van der Waals surface area contributed by atoms with Crippen LogP contribution in [0.5, 0.6) is 0 Å². The highest BCUT2D eigenvalue weighted by atomic mass is 16.5. The Bertz CT molecular complexity index is 983. The first-order valence-corrected chi connectivity index (χ1v) is 9.21. The lowest BCUT2D eigenvalue weighted by Crippen LogP contribution is -2.32. The monoisotopic (exact) mass is 353 g/mol. The smallest absolute Gasteiger partial charge is 0.275 e. The highest BCUT2D eigenvalue weighted by molar-refractivity contribution is 5.79. The summed E-state index contributed by atoms with van der Waals surface area (Å²) < 4.78 is 9.21. The second-order valence-electron chi connectivity index (χ2n) is 6.75. The SMILES string of the molecule is O=C(CCCn1c(=O)c2cccn2c2ccccc21)NCC1CCCO1. The Morgan fingerprint density at radius 1 is 1.15 bits per heavy atom. The Kier molecular flexibility index (Phi) is 4.75. The van der Waals surface area contributed by atoms with Crippen LogP contribution in [0.3, 0.4) is 0 Å². The molecule has 1 aromatic carbocycles. The van der Waals surface area contributed by atoms with Crippen LogP contribution in [0.4, 0.5) is 0 Å². The number of nitrogens with one attached hydrogen (secondary N) is 1. The average molecular weight is 353 g/mol. The van der Waals surface area contributed by atoms with Gasteiger partial charge in [-0.15, -0.1) is 0 Å². The molecule has 1 aliphatic rings. The van der Waals surface area contributed by atoms with Gasteiger partial charge >= 0.3 is 0 Å². The van der Waals surface area contributed by atoms with E-state index < -0.39 is 0 Å². The van der Waals surface area contributed by atoms with Crippen molar-refractivity contribution in [1.29, 1.82) is 0 Å². The van der Waals surface area contributed by atoms with Gasteiger partial charge in [0.25, 0.3) is 5.56 Å². The molecule has 0 saturated carbocycles. The van der Waals surface area contributed by atoms with E-state index in [0.29, 0.717) is 31.4 Å². The third-order valence-electron chi connectivity index (χ3n) is 4.98. The molecule has 3 heterocycles. The second-order valence-corrected chi connectivity index (χ2v) is 6.75. The minimum Gasteiger partial charge on any atom is -0.376 e. The lowest BCUT2D eigenvalue weighted by Gasteiger charge is -2.13. The van der Waals surface area contributed by atoms with Gasteiger partial charge in [-0.3, -0.25) is 9.59 Å². The lowest BCUT2D eigenvalue weighted by molar-refractivity contribution is -0.121. The molecule has 1 fully saturated rings. The van der Waals surface area contributed by atoms with Crippen molar-refractivity contribution in [2.24, 2.45) is 0 Å². The highest BCUT2D eigenvalue weighted by Crippen LogP contribution is 2.15. The number of aromatic nitrogens is 2. The van der Waals surface area contributed by atoms with Gasteiger partial charge in [0.1, 0.15) is 5.52 Å². The van der Waals surface area contributed by atoms with Crippen LogP contribution in [0.1, 0.15) is 25.7 Å². The van der Waals surface area contributed by atoms with Crippen molar-refractivity contribution in [3.05, 3.63) is 52.9 Å². The number of amides is 1. The highest BCUT2D eigenvalue weighted by Gasteiger charge is 2.16. The zero-order valence-electron chi connectivity index (χ0n) is 14.7. The minimum atomic E-state index is -0.0199. The van der Waals surface area contributed by atoms with E-state index >= 15 is 0 Å². The fourth-order valence-electron chi connectivity index (χ4n) is 3.65. The fourth-order valence-corrected chi connectivity index (χ4v) is 3.65. The predicted octanol–water partition coefficient (Wildman–Crippen LogP) is 2.33. The summed E-state index contributed by atoms with van der Waals surface area (Å²) >= 11 is 0. The largest absolute Gasteiger partial charge is 0.376 e. The molecule has 0 spiro atoms. The Morgan fingerprint density at radius 3 is 2.77 bits per heavy atom. The zero-order valence-corrected chi connectivity index (χ0v) is 14.7. The number of ether oxygens (including phenoxy) is 1. The van der Waals surface area contributed by atoms with Crippen molar-refractivity contribution in [2.75, 3.05) is 13.2 Å². The molecule has 136 valence electrons. The molecule has 6 nitrogen and oxygen atoms in total. The summed E-state index contributed by atoms with van der Waals surface area (Å²) in [6, 6.07) is 11.6. The molecule has 1 saturated heterocycles. The molecule has 1 aliphatic heterocycles. The summed E-state index contributed by atoms with van der Waals surface area (Å²) in [5.74, 6) is 0.0154. The van der Waals surface area contributed by atoms with Crippen molar-refractivity contribution in [3.63, 3.8) is 0 Å². The summed E-state index contributed by atoms with van der Waals surface area (Å²) in [6.07, 6.45) is 5.17. The Hall–Kier alpha value is -2.60. The summed E-state index contributed by atoms with van der Waals surface area (Å²) in [7, 11) is 0. The number of hydrogen-bond acceptors (Lipinski definition) is 3. The first kappa shape index (κ1) is 16.8. The molecule has 4 rings (SSSR count). The molecular formula is C20H23N3O3. The topological polar surface area (TPSA) is 64.7 Å². The maximum atomic E-state index is 12.8. The van der Waals surface area contributed by atoms with E-state index in [4.69, 9.17) is 4.74 Å². The number of hydrogen-bond donors (Lipinski definition) is 1. The van der Waals surface area contributed by atoms with E-state index in [2.05, 4.69) is 5.32 Å². The molecule has 0 aliphatic carbocycles. The standard InChI is InChI=1S/C20H23N3O3/c24-19(21-14-15-6-5-13-26-15)10-4-12-23-17-8-2-1-7-16(17)22-11-3-9-18(22)20(23)25/h1-3,7-9,11,15H,4-6,10,12-14H2,(H,21,24). The molecule has 1 atom stereocenters.